The first kappa shape index (κ1) is 34.1. The van der Waals surface area contributed by atoms with Crippen molar-refractivity contribution >= 4 is 5.97 Å². The van der Waals surface area contributed by atoms with E-state index in [9.17, 15) is 83.8 Å². The number of carbonyl (C=O) groups is 1. The summed E-state index contributed by atoms with van der Waals surface area (Å²) in [6.45, 7) is 0. The fourth-order valence-corrected chi connectivity index (χ4v) is 3.00. The van der Waals surface area contributed by atoms with Gasteiger partial charge in [0, 0.05) is 6.07 Å². The molecule has 3 nitrogen and oxygen atoms in total. The van der Waals surface area contributed by atoms with Crippen molar-refractivity contribution < 1.29 is 102 Å². The van der Waals surface area contributed by atoms with Crippen LogP contribution in [-0.2, 0) is 0 Å². The highest BCUT2D eigenvalue weighted by atomic mass is 19.4. The summed E-state index contributed by atoms with van der Waals surface area (Å²) in [4.78, 5) is 10.6. The van der Waals surface area contributed by atoms with Crippen LogP contribution in [0.3, 0.4) is 0 Å². The van der Waals surface area contributed by atoms with Crippen LogP contribution in [0.1, 0.15) is 10.4 Å². The van der Waals surface area contributed by atoms with Gasteiger partial charge >= 0.3 is 54.0 Å². The standard InChI is InChI=1S/C16H4F20O3/c17-6-3-4(1-2-5(6)7(37)38)39-11(21,16(34,35)36)8(18,9(19,12(22,23)24)13(25,26)27)10(20,14(28,29)30)15(31,32)33/h1-3H,(H,37,38). The maximum Gasteiger partial charge on any atom is 0.464 e. The Morgan fingerprint density at radius 3 is 1.13 bits per heavy atom. The second-order valence-electron chi connectivity index (χ2n) is 7.11. The van der Waals surface area contributed by atoms with Gasteiger partial charge in [-0.05, 0) is 12.1 Å². The molecule has 1 rings (SSSR count). The summed E-state index contributed by atoms with van der Waals surface area (Å²) >= 11 is 0. The Kier molecular flexibility index (Phi) is 7.93. The summed E-state index contributed by atoms with van der Waals surface area (Å²) in [6, 6.07) is -2.13. The zero-order valence-corrected chi connectivity index (χ0v) is 17.1. The third kappa shape index (κ3) is 4.63. The summed E-state index contributed by atoms with van der Waals surface area (Å²) in [7, 11) is 0. The van der Waals surface area contributed by atoms with Crippen molar-refractivity contribution in [3.63, 3.8) is 0 Å². The largest absolute Gasteiger partial charge is 0.478 e. The van der Waals surface area contributed by atoms with Gasteiger partial charge in [0.25, 0.3) is 5.67 Å². The van der Waals surface area contributed by atoms with Gasteiger partial charge < -0.3 is 9.84 Å². The van der Waals surface area contributed by atoms with Gasteiger partial charge in [-0.25, -0.2) is 22.4 Å². The molecule has 0 aliphatic rings. The van der Waals surface area contributed by atoms with Crippen molar-refractivity contribution in [3.8, 4) is 5.75 Å². The van der Waals surface area contributed by atoms with E-state index in [1.54, 1.807) is 0 Å². The van der Waals surface area contributed by atoms with E-state index in [1.165, 1.54) is 0 Å². The number of alkyl halides is 19. The maximum absolute atomic E-state index is 15.4. The number of hydrogen-bond donors (Lipinski definition) is 1. The van der Waals surface area contributed by atoms with E-state index in [-0.39, 0.29) is 0 Å². The molecule has 0 aliphatic heterocycles. The topological polar surface area (TPSA) is 46.5 Å². The summed E-state index contributed by atoms with van der Waals surface area (Å²) in [5.74, 6) is -16.4. The van der Waals surface area contributed by atoms with E-state index in [0.717, 1.165) is 0 Å². The fourth-order valence-electron chi connectivity index (χ4n) is 3.00. The SMILES string of the molecule is O=C(O)c1ccc(OC(F)(C(F)(F)F)C(F)(C(F)(C(F)(F)F)C(F)(F)F)C(F)(C(F)(F)F)C(F)(F)F)cc1F. The number of halogens is 20. The lowest BCUT2D eigenvalue weighted by Crippen LogP contribution is -2.88. The van der Waals surface area contributed by atoms with Crippen LogP contribution in [-0.4, -0.2) is 64.8 Å². The van der Waals surface area contributed by atoms with E-state index in [0.29, 0.717) is 0 Å². The van der Waals surface area contributed by atoms with Gasteiger partial charge in [-0.3, -0.25) is 0 Å². The Balaban J connectivity index is 4.57. The molecule has 0 saturated carbocycles. The first-order chi connectivity index (χ1) is 16.8. The van der Waals surface area contributed by atoms with E-state index < -0.39 is 95.0 Å². The number of benzene rings is 1. The molecule has 1 aromatic rings. The molecule has 0 saturated heterocycles. The van der Waals surface area contributed by atoms with E-state index in [2.05, 4.69) is 4.74 Å². The van der Waals surface area contributed by atoms with Crippen molar-refractivity contribution in [2.45, 2.75) is 53.7 Å². The lowest BCUT2D eigenvalue weighted by atomic mass is 9.67. The van der Waals surface area contributed by atoms with E-state index in [4.69, 9.17) is 5.11 Å². The Morgan fingerprint density at radius 2 is 0.897 bits per heavy atom. The first-order valence-corrected chi connectivity index (χ1v) is 8.60. The monoisotopic (exact) mass is 624 g/mol. The van der Waals surface area contributed by atoms with Crippen LogP contribution in [0.25, 0.3) is 0 Å². The van der Waals surface area contributed by atoms with Crippen molar-refractivity contribution in [2.24, 2.45) is 0 Å². The second kappa shape index (κ2) is 9.06. The minimum Gasteiger partial charge on any atom is -0.478 e. The van der Waals surface area contributed by atoms with Gasteiger partial charge in [-0.1, -0.05) is 0 Å². The number of hydrogen-bond acceptors (Lipinski definition) is 2. The molecular formula is C16H4F20O3. The summed E-state index contributed by atoms with van der Waals surface area (Å²) in [6.07, 6.45) is -43.7. The molecule has 1 N–H and O–H groups in total. The highest BCUT2D eigenvalue weighted by Crippen LogP contribution is 2.70. The normalized spacial score (nSPS) is 16.6. The van der Waals surface area contributed by atoms with Gasteiger partial charge in [-0.2, -0.15) is 70.2 Å². The lowest BCUT2D eigenvalue weighted by molar-refractivity contribution is -0.496. The number of rotatable bonds is 6. The molecule has 0 spiro atoms. The first-order valence-electron chi connectivity index (χ1n) is 8.60. The molecule has 0 fully saturated rings. The number of carboxylic acid groups (broad SMARTS) is 1. The van der Waals surface area contributed by atoms with Crippen LogP contribution in [0.4, 0.5) is 87.8 Å². The third-order valence-corrected chi connectivity index (χ3v) is 4.75. The molecule has 0 aliphatic carbocycles. The maximum atomic E-state index is 15.4. The number of ether oxygens (including phenoxy) is 1. The fraction of sp³-hybridized carbons (Fsp3) is 0.562. The third-order valence-electron chi connectivity index (χ3n) is 4.75. The molecule has 1 aromatic carbocycles. The predicted molar refractivity (Wildman–Crippen MR) is 79.6 cm³/mol. The Morgan fingerprint density at radius 1 is 0.564 bits per heavy atom. The van der Waals surface area contributed by atoms with Crippen LogP contribution in [0.15, 0.2) is 18.2 Å². The average molecular weight is 624 g/mol. The van der Waals surface area contributed by atoms with Crippen molar-refractivity contribution in [1.82, 2.24) is 0 Å². The van der Waals surface area contributed by atoms with Gasteiger partial charge in [0.05, 0.1) is 5.56 Å². The smallest absolute Gasteiger partial charge is 0.464 e. The Hall–Kier alpha value is -2.91. The summed E-state index contributed by atoms with van der Waals surface area (Å²) in [5.41, 5.74) is -30.2. The Bertz CT molecular complexity index is 1010. The number of carboxylic acids is 1. The summed E-state index contributed by atoms with van der Waals surface area (Å²) < 4.78 is 274. The van der Waals surface area contributed by atoms with Crippen LogP contribution in [0, 0.1) is 5.82 Å². The highest BCUT2D eigenvalue weighted by molar-refractivity contribution is 5.88. The van der Waals surface area contributed by atoms with Crippen LogP contribution in [0.2, 0.25) is 0 Å². The van der Waals surface area contributed by atoms with Gasteiger partial charge in [0.1, 0.15) is 11.6 Å². The molecule has 1 unspecified atom stereocenters. The molecule has 39 heavy (non-hydrogen) atoms. The second-order valence-corrected chi connectivity index (χ2v) is 7.11. The molecule has 0 radical (unpaired) electrons. The van der Waals surface area contributed by atoms with Crippen molar-refractivity contribution in [1.29, 1.82) is 0 Å². The van der Waals surface area contributed by atoms with Crippen LogP contribution in [0.5, 0.6) is 5.75 Å². The molecule has 0 aromatic heterocycles. The highest BCUT2D eigenvalue weighted by Gasteiger charge is 3.04. The minimum absolute atomic E-state index is 0.421. The molecule has 0 bridgehead atoms. The zero-order valence-electron chi connectivity index (χ0n) is 17.1. The average Bonchev–Trinajstić information content (AvgIpc) is 2.67. The van der Waals surface area contributed by atoms with E-state index >= 15 is 8.78 Å². The summed E-state index contributed by atoms with van der Waals surface area (Å²) in [5, 5.41) is 8.53. The Labute approximate surface area is 198 Å². The number of aromatic carboxylic acids is 1. The quantitative estimate of drug-likeness (QED) is 0.334. The lowest BCUT2D eigenvalue weighted by Gasteiger charge is -2.52. The molecular weight excluding hydrogens is 620 g/mol. The molecule has 0 heterocycles. The zero-order chi connectivity index (χ0) is 31.6. The molecule has 23 heteroatoms. The minimum atomic E-state index is -9.67. The van der Waals surface area contributed by atoms with Crippen molar-refractivity contribution in [2.75, 3.05) is 0 Å². The van der Waals surface area contributed by atoms with Gasteiger partial charge in [0.2, 0.25) is 0 Å². The van der Waals surface area contributed by atoms with Gasteiger partial charge in [0.15, 0.2) is 0 Å². The van der Waals surface area contributed by atoms with Gasteiger partial charge in [-0.15, -0.1) is 0 Å². The van der Waals surface area contributed by atoms with Crippen LogP contribution >= 0.6 is 0 Å². The molecule has 0 amide bonds. The molecule has 226 valence electrons. The van der Waals surface area contributed by atoms with Crippen LogP contribution < -0.4 is 4.74 Å². The van der Waals surface area contributed by atoms with Crippen molar-refractivity contribution in [3.05, 3.63) is 29.6 Å². The predicted octanol–water partition coefficient (Wildman–Crippen LogP) is 7.50. The van der Waals surface area contributed by atoms with E-state index in [1.807, 2.05) is 0 Å². The molecule has 1 atom stereocenters.